The number of rotatable bonds is 7. The van der Waals surface area contributed by atoms with Gasteiger partial charge < -0.3 is 10.1 Å². The van der Waals surface area contributed by atoms with Crippen LogP contribution in [0.3, 0.4) is 0 Å². The zero-order chi connectivity index (χ0) is 18.4. The second-order valence-corrected chi connectivity index (χ2v) is 6.74. The largest absolute Gasteiger partial charge is 0.468 e. The summed E-state index contributed by atoms with van der Waals surface area (Å²) in [4.78, 5) is 41.0. The summed E-state index contributed by atoms with van der Waals surface area (Å²) >= 11 is 1.14. The number of nitrogens with one attached hydrogen (secondary N) is 1. The summed E-state index contributed by atoms with van der Waals surface area (Å²) in [5.41, 5.74) is 0.192. The molecule has 8 heteroatoms. The van der Waals surface area contributed by atoms with Crippen LogP contribution in [0.15, 0.2) is 34.2 Å². The van der Waals surface area contributed by atoms with Crippen LogP contribution in [-0.2, 0) is 20.9 Å². The molecule has 1 heterocycles. The van der Waals surface area contributed by atoms with Crippen molar-refractivity contribution in [1.82, 2.24) is 14.9 Å². The first-order chi connectivity index (χ1) is 12.0. The number of hydrogen-bond acceptors (Lipinski definition) is 6. The number of hydrogen-bond donors (Lipinski definition) is 1. The van der Waals surface area contributed by atoms with Crippen LogP contribution in [0.2, 0.25) is 0 Å². The van der Waals surface area contributed by atoms with Crippen LogP contribution in [0.4, 0.5) is 0 Å². The Kier molecular flexibility index (Phi) is 6.58. The minimum absolute atomic E-state index is 0.140. The van der Waals surface area contributed by atoms with Crippen molar-refractivity contribution < 1.29 is 14.3 Å². The van der Waals surface area contributed by atoms with Crippen LogP contribution in [0, 0.1) is 0 Å². The average Bonchev–Trinajstić information content (AvgIpc) is 2.62. The monoisotopic (exact) mass is 363 g/mol. The fraction of sp³-hybridized carbons (Fsp3) is 0.412. The highest BCUT2D eigenvalue weighted by atomic mass is 32.2. The first-order valence-corrected chi connectivity index (χ1v) is 8.86. The van der Waals surface area contributed by atoms with E-state index in [9.17, 15) is 14.4 Å². The fourth-order valence-corrected chi connectivity index (χ4v) is 3.11. The van der Waals surface area contributed by atoms with Gasteiger partial charge in [0.15, 0.2) is 5.16 Å². The number of nitrogens with zero attached hydrogens (tertiary/aromatic N) is 2. The quantitative estimate of drug-likeness (QED) is 0.456. The third-order valence-corrected chi connectivity index (χ3v) is 4.63. The highest BCUT2D eigenvalue weighted by Crippen LogP contribution is 2.22. The highest BCUT2D eigenvalue weighted by molar-refractivity contribution is 8.00. The third kappa shape index (κ3) is 4.60. The zero-order valence-corrected chi connectivity index (χ0v) is 15.3. The second-order valence-electron chi connectivity index (χ2n) is 5.43. The van der Waals surface area contributed by atoms with Crippen molar-refractivity contribution in [2.75, 3.05) is 13.7 Å². The predicted octanol–water partition coefficient (Wildman–Crippen LogP) is 1.58. The molecule has 0 bridgehead atoms. The molecule has 1 aromatic carbocycles. The van der Waals surface area contributed by atoms with E-state index in [1.807, 2.05) is 6.92 Å². The van der Waals surface area contributed by atoms with E-state index in [0.717, 1.165) is 18.2 Å². The van der Waals surface area contributed by atoms with Crippen molar-refractivity contribution >= 4 is 34.5 Å². The van der Waals surface area contributed by atoms with Crippen molar-refractivity contribution in [3.63, 3.8) is 0 Å². The number of ether oxygens (including phenoxy) is 1. The molecule has 0 spiro atoms. The molecule has 134 valence electrons. The number of thioether (sulfide) groups is 1. The van der Waals surface area contributed by atoms with Crippen molar-refractivity contribution in [2.24, 2.45) is 0 Å². The van der Waals surface area contributed by atoms with Gasteiger partial charge in [0.2, 0.25) is 5.91 Å². The molecule has 0 radical (unpaired) electrons. The van der Waals surface area contributed by atoms with Crippen LogP contribution < -0.4 is 10.9 Å². The number of para-hydroxylation sites is 1. The lowest BCUT2D eigenvalue weighted by Crippen LogP contribution is -2.33. The van der Waals surface area contributed by atoms with E-state index in [1.54, 1.807) is 31.2 Å². The molecule has 1 atom stereocenters. The Morgan fingerprint density at radius 1 is 1.36 bits per heavy atom. The fourth-order valence-electron chi connectivity index (χ4n) is 2.17. The van der Waals surface area contributed by atoms with Gasteiger partial charge >= 0.3 is 5.97 Å². The zero-order valence-electron chi connectivity index (χ0n) is 14.4. The highest BCUT2D eigenvalue weighted by Gasteiger charge is 2.20. The Morgan fingerprint density at radius 3 is 2.76 bits per heavy atom. The van der Waals surface area contributed by atoms with Gasteiger partial charge in [-0.15, -0.1) is 0 Å². The summed E-state index contributed by atoms with van der Waals surface area (Å²) in [6.45, 7) is 4.04. The molecular weight excluding hydrogens is 342 g/mol. The van der Waals surface area contributed by atoms with E-state index in [0.29, 0.717) is 22.6 Å². The Balaban J connectivity index is 2.42. The molecule has 0 fully saturated rings. The molecule has 25 heavy (non-hydrogen) atoms. The predicted molar refractivity (Wildman–Crippen MR) is 96.6 cm³/mol. The molecule has 2 rings (SSSR count). The van der Waals surface area contributed by atoms with Gasteiger partial charge in [0.25, 0.3) is 5.56 Å². The molecule has 1 aromatic heterocycles. The Morgan fingerprint density at radius 2 is 2.08 bits per heavy atom. The number of amides is 1. The number of carbonyl (C=O) groups is 2. The van der Waals surface area contributed by atoms with Crippen LogP contribution in [-0.4, -0.2) is 40.3 Å². The molecule has 7 nitrogen and oxygen atoms in total. The molecule has 0 aliphatic rings. The van der Waals surface area contributed by atoms with Crippen molar-refractivity contribution in [3.8, 4) is 0 Å². The number of benzene rings is 1. The molecule has 2 aromatic rings. The Bertz CT molecular complexity index is 834. The van der Waals surface area contributed by atoms with Gasteiger partial charge in [0, 0.05) is 6.54 Å². The second kappa shape index (κ2) is 8.66. The molecule has 1 amide bonds. The summed E-state index contributed by atoms with van der Waals surface area (Å²) in [6.07, 6.45) is 0.838. The molecule has 0 aliphatic heterocycles. The van der Waals surface area contributed by atoms with Gasteiger partial charge in [-0.1, -0.05) is 30.8 Å². The smallest absolute Gasteiger partial charge is 0.325 e. The number of methoxy groups -OCH3 is 1. The lowest BCUT2D eigenvalue weighted by atomic mass is 10.2. The maximum absolute atomic E-state index is 12.7. The first kappa shape index (κ1) is 19.0. The number of carbonyl (C=O) groups excluding carboxylic acids is 2. The summed E-state index contributed by atoms with van der Waals surface area (Å²) in [7, 11) is 1.26. The molecule has 1 N–H and O–H groups in total. The Hall–Kier alpha value is -2.35. The van der Waals surface area contributed by atoms with Gasteiger partial charge in [0.05, 0.1) is 23.3 Å². The summed E-state index contributed by atoms with van der Waals surface area (Å²) < 4.78 is 5.92. The van der Waals surface area contributed by atoms with E-state index in [-0.39, 0.29) is 18.0 Å². The van der Waals surface area contributed by atoms with Crippen molar-refractivity contribution in [1.29, 1.82) is 0 Å². The van der Waals surface area contributed by atoms with E-state index >= 15 is 0 Å². The lowest BCUT2D eigenvalue weighted by Gasteiger charge is -2.15. The topological polar surface area (TPSA) is 90.3 Å². The minimum Gasteiger partial charge on any atom is -0.468 e. The van der Waals surface area contributed by atoms with Gasteiger partial charge in [-0.2, -0.15) is 0 Å². The summed E-state index contributed by atoms with van der Waals surface area (Å²) in [5.74, 6) is -0.692. The third-order valence-electron chi connectivity index (χ3n) is 3.54. The van der Waals surface area contributed by atoms with Crippen molar-refractivity contribution in [3.05, 3.63) is 34.6 Å². The van der Waals surface area contributed by atoms with Crippen LogP contribution in [0.25, 0.3) is 10.9 Å². The normalized spacial score (nSPS) is 12.0. The van der Waals surface area contributed by atoms with E-state index in [2.05, 4.69) is 15.0 Å². The van der Waals surface area contributed by atoms with E-state index < -0.39 is 11.2 Å². The lowest BCUT2D eigenvalue weighted by molar-refractivity contribution is -0.141. The van der Waals surface area contributed by atoms with Crippen molar-refractivity contribution in [2.45, 2.75) is 37.2 Å². The molecular formula is C17H21N3O4S. The molecule has 0 aliphatic carbocycles. The molecule has 0 saturated heterocycles. The Labute approximate surface area is 149 Å². The van der Waals surface area contributed by atoms with E-state index in [1.165, 1.54) is 11.7 Å². The minimum atomic E-state index is -0.552. The summed E-state index contributed by atoms with van der Waals surface area (Å²) in [6, 6.07) is 6.90. The number of esters is 1. The van der Waals surface area contributed by atoms with Crippen LogP contribution in [0.5, 0.6) is 0 Å². The number of aromatic nitrogens is 2. The van der Waals surface area contributed by atoms with Gasteiger partial charge in [0.1, 0.15) is 6.54 Å². The van der Waals surface area contributed by atoms with Gasteiger partial charge in [-0.25, -0.2) is 4.98 Å². The number of fused-ring (bicyclic) bond motifs is 1. The molecule has 0 saturated carbocycles. The van der Waals surface area contributed by atoms with Gasteiger partial charge in [-0.3, -0.25) is 19.0 Å². The van der Waals surface area contributed by atoms with Crippen LogP contribution >= 0.6 is 11.8 Å². The maximum Gasteiger partial charge on any atom is 0.325 e. The van der Waals surface area contributed by atoms with Gasteiger partial charge in [-0.05, 0) is 25.5 Å². The SMILES string of the molecule is CCCNC(=O)[C@@H](C)Sc1nc2ccccc2c(=O)n1CC(=O)OC. The first-order valence-electron chi connectivity index (χ1n) is 7.98. The maximum atomic E-state index is 12.7. The molecule has 0 unspecified atom stereocenters. The van der Waals surface area contributed by atoms with Crippen LogP contribution in [0.1, 0.15) is 20.3 Å². The summed E-state index contributed by atoms with van der Waals surface area (Å²) in [5, 5.41) is 3.08. The standard InChI is InChI=1S/C17H21N3O4S/c1-4-9-18-15(22)11(2)25-17-19-13-8-6-5-7-12(13)16(23)20(17)10-14(21)24-3/h5-8,11H,4,9-10H2,1-3H3,(H,18,22)/t11-/m1/s1. The average molecular weight is 363 g/mol. The van der Waals surface area contributed by atoms with E-state index in [4.69, 9.17) is 0 Å².